The van der Waals surface area contributed by atoms with Gasteiger partial charge in [-0.3, -0.25) is 0 Å². The lowest BCUT2D eigenvalue weighted by atomic mass is 10.2. The number of rotatable bonds is 6. The summed E-state index contributed by atoms with van der Waals surface area (Å²) >= 11 is 0. The van der Waals surface area contributed by atoms with Crippen LogP contribution in [0.2, 0.25) is 0 Å². The van der Waals surface area contributed by atoms with E-state index >= 15 is 0 Å². The quantitative estimate of drug-likeness (QED) is 0.797. The molecule has 0 spiro atoms. The minimum Gasteiger partial charge on any atom is -0.354 e. The molecule has 134 valence electrons. The van der Waals surface area contributed by atoms with E-state index in [0.717, 1.165) is 37.6 Å². The van der Waals surface area contributed by atoms with Crippen LogP contribution in [0.4, 0.5) is 10.6 Å². The van der Waals surface area contributed by atoms with Gasteiger partial charge in [0.2, 0.25) is 0 Å². The Morgan fingerprint density at radius 1 is 1.29 bits per heavy atom. The largest absolute Gasteiger partial charge is 0.354 e. The Morgan fingerprint density at radius 3 is 2.67 bits per heavy atom. The molecule has 24 heavy (non-hydrogen) atoms. The number of carbonyl (C=O) groups excluding carboxylic acids is 1. The van der Waals surface area contributed by atoms with Crippen LogP contribution >= 0.6 is 0 Å². The maximum atomic E-state index is 11.9. The molecule has 2 rings (SSSR count). The first-order valence-electron chi connectivity index (χ1n) is 8.52. The number of aromatic nitrogens is 1. The molecule has 0 unspecified atom stereocenters. The lowest BCUT2D eigenvalue weighted by Crippen LogP contribution is -2.45. The number of nitrogens with zero attached hydrogens (tertiary/aromatic N) is 4. The molecule has 2 heterocycles. The highest BCUT2D eigenvalue weighted by molar-refractivity contribution is 5.73. The third-order valence-electron chi connectivity index (χ3n) is 4.53. The Kier molecular flexibility index (Phi) is 6.81. The molecular formula is C17H30N6O. The Labute approximate surface area is 145 Å². The predicted molar refractivity (Wildman–Crippen MR) is 97.3 cm³/mol. The van der Waals surface area contributed by atoms with Gasteiger partial charge in [-0.15, -0.1) is 0 Å². The zero-order valence-corrected chi connectivity index (χ0v) is 15.2. The maximum absolute atomic E-state index is 11.9. The van der Waals surface area contributed by atoms with Crippen molar-refractivity contribution in [1.29, 1.82) is 0 Å². The van der Waals surface area contributed by atoms with Crippen molar-refractivity contribution in [2.75, 3.05) is 58.8 Å². The molecule has 2 N–H and O–H groups in total. The van der Waals surface area contributed by atoms with E-state index in [1.165, 1.54) is 0 Å². The summed E-state index contributed by atoms with van der Waals surface area (Å²) in [6, 6.07) is 4.18. The normalized spacial score (nSPS) is 17.0. The minimum absolute atomic E-state index is 0.137. The van der Waals surface area contributed by atoms with Crippen molar-refractivity contribution in [2.45, 2.75) is 19.5 Å². The number of likely N-dealkylation sites (N-methyl/N-ethyl adjacent to an activating group) is 2. The van der Waals surface area contributed by atoms with Crippen molar-refractivity contribution in [3.8, 4) is 0 Å². The Morgan fingerprint density at radius 2 is 2.00 bits per heavy atom. The predicted octanol–water partition coefficient (Wildman–Crippen LogP) is 0.583. The molecule has 2 amide bonds. The summed E-state index contributed by atoms with van der Waals surface area (Å²) in [7, 11) is 6.14. The topological polar surface area (TPSA) is 63.7 Å². The van der Waals surface area contributed by atoms with Gasteiger partial charge in [0.25, 0.3) is 0 Å². The zero-order chi connectivity index (χ0) is 17.5. The lowest BCUT2D eigenvalue weighted by molar-refractivity contribution is 0.234. The smallest absolute Gasteiger partial charge is 0.315 e. The van der Waals surface area contributed by atoms with Crippen LogP contribution in [0.25, 0.3) is 0 Å². The van der Waals surface area contributed by atoms with Gasteiger partial charge in [-0.1, -0.05) is 0 Å². The molecule has 1 aromatic heterocycles. The van der Waals surface area contributed by atoms with Crippen molar-refractivity contribution >= 4 is 11.8 Å². The van der Waals surface area contributed by atoms with Crippen LogP contribution in [0.5, 0.6) is 0 Å². The number of pyridine rings is 1. The number of carbonyl (C=O) groups is 1. The standard InChI is InChI=1S/C17H30N6O/c1-14(21(2)3)12-19-17(24)20-13-15-5-6-18-16(11-15)23-9-7-22(4)8-10-23/h5-6,11,14H,7-10,12-13H2,1-4H3,(H2,19,20,24)/t14-/m1/s1. The zero-order valence-electron chi connectivity index (χ0n) is 15.2. The Hall–Kier alpha value is -1.86. The molecule has 1 aliphatic heterocycles. The van der Waals surface area contributed by atoms with Crippen molar-refractivity contribution in [1.82, 2.24) is 25.4 Å². The van der Waals surface area contributed by atoms with Crippen LogP contribution < -0.4 is 15.5 Å². The summed E-state index contributed by atoms with van der Waals surface area (Å²) in [6.45, 7) is 7.29. The molecule has 1 fully saturated rings. The number of hydrogen-bond acceptors (Lipinski definition) is 5. The summed E-state index contributed by atoms with van der Waals surface area (Å²) < 4.78 is 0. The highest BCUT2D eigenvalue weighted by atomic mass is 16.2. The molecule has 1 atom stereocenters. The average molecular weight is 334 g/mol. The molecule has 0 aliphatic carbocycles. The summed E-state index contributed by atoms with van der Waals surface area (Å²) in [5.74, 6) is 0.990. The third kappa shape index (κ3) is 5.65. The Balaban J connectivity index is 1.80. The van der Waals surface area contributed by atoms with Crippen molar-refractivity contribution in [2.24, 2.45) is 0 Å². The highest BCUT2D eigenvalue weighted by Crippen LogP contribution is 2.14. The molecular weight excluding hydrogens is 304 g/mol. The average Bonchev–Trinajstić information content (AvgIpc) is 2.58. The molecule has 7 nitrogen and oxygen atoms in total. The van der Waals surface area contributed by atoms with E-state index in [0.29, 0.717) is 19.1 Å². The number of hydrogen-bond donors (Lipinski definition) is 2. The van der Waals surface area contributed by atoms with E-state index in [4.69, 9.17) is 0 Å². The fourth-order valence-electron chi connectivity index (χ4n) is 2.45. The van der Waals surface area contributed by atoms with Gasteiger partial charge < -0.3 is 25.3 Å². The van der Waals surface area contributed by atoms with Gasteiger partial charge in [0.05, 0.1) is 0 Å². The van der Waals surface area contributed by atoms with Crippen molar-refractivity contribution < 1.29 is 4.79 Å². The van der Waals surface area contributed by atoms with E-state index in [1.807, 2.05) is 26.4 Å². The summed E-state index contributed by atoms with van der Waals surface area (Å²) in [4.78, 5) is 23.1. The fraction of sp³-hybridized carbons (Fsp3) is 0.647. The maximum Gasteiger partial charge on any atom is 0.315 e. The van der Waals surface area contributed by atoms with Crippen LogP contribution in [-0.2, 0) is 6.54 Å². The van der Waals surface area contributed by atoms with Crippen LogP contribution in [0.15, 0.2) is 18.3 Å². The fourth-order valence-corrected chi connectivity index (χ4v) is 2.45. The van der Waals surface area contributed by atoms with E-state index in [1.54, 1.807) is 0 Å². The summed E-state index contributed by atoms with van der Waals surface area (Å²) in [5, 5.41) is 5.80. The van der Waals surface area contributed by atoms with Gasteiger partial charge in [0, 0.05) is 51.5 Å². The number of amides is 2. The number of anilines is 1. The van der Waals surface area contributed by atoms with Crippen LogP contribution in [0.3, 0.4) is 0 Å². The van der Waals surface area contributed by atoms with E-state index < -0.39 is 0 Å². The van der Waals surface area contributed by atoms with Gasteiger partial charge in [0.15, 0.2) is 0 Å². The first-order chi connectivity index (χ1) is 11.5. The summed E-state index contributed by atoms with van der Waals surface area (Å²) in [6.07, 6.45) is 1.82. The molecule has 0 radical (unpaired) electrons. The number of piperazine rings is 1. The Bertz CT molecular complexity index is 528. The monoisotopic (exact) mass is 334 g/mol. The second kappa shape index (κ2) is 8.84. The van der Waals surface area contributed by atoms with Gasteiger partial charge in [-0.2, -0.15) is 0 Å². The van der Waals surface area contributed by atoms with E-state index in [2.05, 4.69) is 50.4 Å². The third-order valence-corrected chi connectivity index (χ3v) is 4.53. The first kappa shape index (κ1) is 18.5. The van der Waals surface area contributed by atoms with Crippen LogP contribution in [0.1, 0.15) is 12.5 Å². The van der Waals surface area contributed by atoms with Gasteiger partial charge in [0.1, 0.15) is 5.82 Å². The van der Waals surface area contributed by atoms with Crippen LogP contribution in [-0.4, -0.2) is 80.7 Å². The van der Waals surface area contributed by atoms with Gasteiger partial charge in [-0.05, 0) is 45.8 Å². The number of urea groups is 1. The highest BCUT2D eigenvalue weighted by Gasteiger charge is 2.15. The van der Waals surface area contributed by atoms with E-state index in [-0.39, 0.29) is 6.03 Å². The molecule has 0 aromatic carbocycles. The number of nitrogens with one attached hydrogen (secondary N) is 2. The molecule has 0 bridgehead atoms. The lowest BCUT2D eigenvalue weighted by Gasteiger charge is -2.33. The second-order valence-corrected chi connectivity index (χ2v) is 6.69. The van der Waals surface area contributed by atoms with Gasteiger partial charge >= 0.3 is 6.03 Å². The minimum atomic E-state index is -0.137. The first-order valence-corrected chi connectivity index (χ1v) is 8.52. The molecule has 1 saturated heterocycles. The van der Waals surface area contributed by atoms with E-state index in [9.17, 15) is 4.79 Å². The molecule has 1 aliphatic rings. The van der Waals surface area contributed by atoms with Crippen LogP contribution in [0, 0.1) is 0 Å². The molecule has 7 heteroatoms. The summed E-state index contributed by atoms with van der Waals surface area (Å²) in [5.41, 5.74) is 1.06. The van der Waals surface area contributed by atoms with Crippen molar-refractivity contribution in [3.05, 3.63) is 23.9 Å². The second-order valence-electron chi connectivity index (χ2n) is 6.69. The van der Waals surface area contributed by atoms with Gasteiger partial charge in [-0.25, -0.2) is 9.78 Å². The molecule has 1 aromatic rings. The molecule has 0 saturated carbocycles. The SMILES string of the molecule is C[C@H](CNC(=O)NCc1ccnc(N2CCN(C)CC2)c1)N(C)C. The van der Waals surface area contributed by atoms with Crippen molar-refractivity contribution in [3.63, 3.8) is 0 Å².